The van der Waals surface area contributed by atoms with Crippen molar-refractivity contribution < 1.29 is 18.3 Å². The molecular formula is C14H20N2O4S. The minimum Gasteiger partial charge on any atom is -0.379 e. The van der Waals surface area contributed by atoms with E-state index in [0.717, 1.165) is 5.56 Å². The van der Waals surface area contributed by atoms with Gasteiger partial charge in [0.1, 0.15) is 0 Å². The van der Waals surface area contributed by atoms with Crippen LogP contribution in [0.2, 0.25) is 0 Å². The topological polar surface area (TPSA) is 78.9 Å². The van der Waals surface area contributed by atoms with Crippen LogP contribution in [0, 0.1) is 5.92 Å². The molecular weight excluding hydrogens is 292 g/mol. The van der Waals surface area contributed by atoms with Gasteiger partial charge in [0.2, 0.25) is 5.91 Å². The van der Waals surface area contributed by atoms with Crippen LogP contribution in [-0.4, -0.2) is 51.7 Å². The van der Waals surface area contributed by atoms with Crippen molar-refractivity contribution in [1.82, 2.24) is 10.4 Å². The Balaban J connectivity index is 1.97. The second-order valence-electron chi connectivity index (χ2n) is 4.95. The van der Waals surface area contributed by atoms with Crippen LogP contribution in [0.25, 0.3) is 0 Å². The molecule has 6 nitrogen and oxygen atoms in total. The van der Waals surface area contributed by atoms with E-state index in [2.05, 4.69) is 5.43 Å². The molecule has 2 N–H and O–H groups in total. The van der Waals surface area contributed by atoms with E-state index in [0.29, 0.717) is 32.7 Å². The molecule has 0 aliphatic carbocycles. The van der Waals surface area contributed by atoms with Gasteiger partial charge in [-0.1, -0.05) is 30.3 Å². The minimum absolute atomic E-state index is 0.0644. The van der Waals surface area contributed by atoms with Crippen LogP contribution in [0.4, 0.5) is 0 Å². The molecule has 1 aromatic carbocycles. The van der Waals surface area contributed by atoms with Crippen molar-refractivity contribution in [2.24, 2.45) is 5.92 Å². The Bertz CT molecular complexity index is 477. The first-order valence-electron chi connectivity index (χ1n) is 6.89. The Morgan fingerprint density at radius 2 is 2.00 bits per heavy atom. The lowest BCUT2D eigenvalue weighted by molar-refractivity contribution is -0.131. The highest BCUT2D eigenvalue weighted by Crippen LogP contribution is 2.11. The van der Waals surface area contributed by atoms with Crippen LogP contribution in [0.5, 0.6) is 0 Å². The van der Waals surface area contributed by atoms with Gasteiger partial charge in [0.15, 0.2) is 11.1 Å². The van der Waals surface area contributed by atoms with Crippen LogP contribution in [0.3, 0.4) is 0 Å². The van der Waals surface area contributed by atoms with E-state index >= 15 is 0 Å². The number of nitrogens with one attached hydrogen (secondary N) is 1. The Labute approximate surface area is 126 Å². The molecule has 2 atom stereocenters. The number of carbonyl (C=O) groups is 1. The van der Waals surface area contributed by atoms with E-state index in [1.807, 2.05) is 30.3 Å². The Morgan fingerprint density at radius 3 is 2.62 bits per heavy atom. The molecule has 7 heteroatoms. The van der Waals surface area contributed by atoms with Crippen molar-refractivity contribution in [2.45, 2.75) is 6.42 Å². The quantitative estimate of drug-likeness (QED) is 0.745. The van der Waals surface area contributed by atoms with Gasteiger partial charge in [0.25, 0.3) is 0 Å². The summed E-state index contributed by atoms with van der Waals surface area (Å²) in [5.41, 5.74) is 3.79. The summed E-state index contributed by atoms with van der Waals surface area (Å²) in [6, 6.07) is 9.51. The molecule has 2 unspecified atom stereocenters. The number of nitrogens with zero attached hydrogens (tertiary/aromatic N) is 1. The van der Waals surface area contributed by atoms with E-state index in [1.54, 1.807) is 5.01 Å². The van der Waals surface area contributed by atoms with Gasteiger partial charge in [0, 0.05) is 13.1 Å². The van der Waals surface area contributed by atoms with E-state index in [4.69, 9.17) is 9.29 Å². The van der Waals surface area contributed by atoms with Crippen molar-refractivity contribution in [1.29, 1.82) is 0 Å². The summed E-state index contributed by atoms with van der Waals surface area (Å²) >= 11 is -2.00. The molecule has 1 fully saturated rings. The van der Waals surface area contributed by atoms with Gasteiger partial charge in [-0.25, -0.2) is 9.22 Å². The first kappa shape index (κ1) is 16.1. The predicted molar refractivity (Wildman–Crippen MR) is 79.8 cm³/mol. The van der Waals surface area contributed by atoms with Crippen LogP contribution < -0.4 is 5.43 Å². The summed E-state index contributed by atoms with van der Waals surface area (Å²) in [4.78, 5) is 12.3. The van der Waals surface area contributed by atoms with Gasteiger partial charge in [0.05, 0.1) is 24.9 Å². The normalized spacial score (nSPS) is 18.9. The molecule has 0 radical (unpaired) electrons. The summed E-state index contributed by atoms with van der Waals surface area (Å²) in [5, 5.41) is 1.80. The average molecular weight is 312 g/mol. The number of carbonyl (C=O) groups excluding carboxylic acids is 1. The van der Waals surface area contributed by atoms with Gasteiger partial charge >= 0.3 is 0 Å². The minimum atomic E-state index is -2.00. The van der Waals surface area contributed by atoms with Crippen LogP contribution >= 0.6 is 0 Å². The molecule has 0 aromatic heterocycles. The highest BCUT2D eigenvalue weighted by molar-refractivity contribution is 7.79. The molecule has 1 heterocycles. The molecule has 1 saturated heterocycles. The summed E-state index contributed by atoms with van der Waals surface area (Å²) in [6.07, 6.45) is 0.448. The summed E-state index contributed by atoms with van der Waals surface area (Å²) in [6.45, 7) is 2.42. The molecule has 0 saturated carbocycles. The SMILES string of the molecule is O=C(NN1CCOCC1)C(Cc1ccccc1)CS(=O)O. The van der Waals surface area contributed by atoms with Crippen LogP contribution in [0.1, 0.15) is 5.56 Å². The predicted octanol–water partition coefficient (Wildman–Crippen LogP) is 0.430. The lowest BCUT2D eigenvalue weighted by Gasteiger charge is -2.28. The number of ether oxygens (including phenoxy) is 1. The third-order valence-electron chi connectivity index (χ3n) is 3.32. The standard InChI is InChI=1S/C14H20N2O4S/c17-14(15-16-6-8-20-9-7-16)13(11-21(18)19)10-12-4-2-1-3-5-12/h1-5,13H,6-11H2,(H,15,17)(H,18,19). The first-order chi connectivity index (χ1) is 10.1. The van der Waals surface area contributed by atoms with Crippen molar-refractivity contribution in [3.05, 3.63) is 35.9 Å². The molecule has 1 amide bonds. The Hall–Kier alpha value is -1.28. The van der Waals surface area contributed by atoms with E-state index < -0.39 is 17.0 Å². The number of benzene rings is 1. The molecule has 0 bridgehead atoms. The maximum Gasteiger partial charge on any atom is 0.238 e. The largest absolute Gasteiger partial charge is 0.379 e. The molecule has 21 heavy (non-hydrogen) atoms. The van der Waals surface area contributed by atoms with Gasteiger partial charge in [-0.15, -0.1) is 0 Å². The van der Waals surface area contributed by atoms with E-state index in [9.17, 15) is 9.00 Å². The Morgan fingerprint density at radius 1 is 1.33 bits per heavy atom. The molecule has 0 spiro atoms. The summed E-state index contributed by atoms with van der Waals surface area (Å²) < 4.78 is 25.4. The summed E-state index contributed by atoms with van der Waals surface area (Å²) in [5.74, 6) is -0.810. The number of hydrogen-bond donors (Lipinski definition) is 2. The number of morpholine rings is 1. The van der Waals surface area contributed by atoms with Crippen molar-refractivity contribution in [3.63, 3.8) is 0 Å². The van der Waals surface area contributed by atoms with Gasteiger partial charge in [-0.2, -0.15) is 0 Å². The number of amides is 1. The fourth-order valence-electron chi connectivity index (χ4n) is 2.22. The van der Waals surface area contributed by atoms with Crippen molar-refractivity contribution in [3.8, 4) is 0 Å². The monoisotopic (exact) mass is 312 g/mol. The maximum absolute atomic E-state index is 12.3. The van der Waals surface area contributed by atoms with Gasteiger partial charge in [-0.3, -0.25) is 10.2 Å². The molecule has 1 aromatic rings. The van der Waals surface area contributed by atoms with Gasteiger partial charge in [-0.05, 0) is 12.0 Å². The smallest absolute Gasteiger partial charge is 0.238 e. The van der Waals surface area contributed by atoms with E-state index in [-0.39, 0.29) is 11.7 Å². The molecule has 1 aliphatic rings. The highest BCUT2D eigenvalue weighted by atomic mass is 32.2. The van der Waals surface area contributed by atoms with Crippen molar-refractivity contribution >= 4 is 17.0 Å². The highest BCUT2D eigenvalue weighted by Gasteiger charge is 2.23. The zero-order valence-electron chi connectivity index (χ0n) is 11.7. The Kier molecular flexibility index (Phi) is 6.31. The number of hydrazine groups is 1. The van der Waals surface area contributed by atoms with Crippen LogP contribution in [0.15, 0.2) is 30.3 Å². The third kappa shape index (κ3) is 5.55. The second-order valence-corrected chi connectivity index (χ2v) is 5.93. The average Bonchev–Trinajstić information content (AvgIpc) is 2.48. The fraction of sp³-hybridized carbons (Fsp3) is 0.500. The summed E-state index contributed by atoms with van der Waals surface area (Å²) in [7, 11) is 0. The fourth-order valence-corrected chi connectivity index (χ4v) is 2.83. The maximum atomic E-state index is 12.3. The number of hydrogen-bond acceptors (Lipinski definition) is 4. The van der Waals surface area contributed by atoms with Crippen molar-refractivity contribution in [2.75, 3.05) is 32.1 Å². The van der Waals surface area contributed by atoms with Crippen LogP contribution in [-0.2, 0) is 27.0 Å². The first-order valence-corrected chi connectivity index (χ1v) is 8.17. The zero-order chi connectivity index (χ0) is 15.1. The lowest BCUT2D eigenvalue weighted by Crippen LogP contribution is -2.51. The second kappa shape index (κ2) is 8.23. The molecule has 1 aliphatic heterocycles. The third-order valence-corrected chi connectivity index (χ3v) is 4.01. The lowest BCUT2D eigenvalue weighted by atomic mass is 10.0. The van der Waals surface area contributed by atoms with E-state index in [1.165, 1.54) is 0 Å². The molecule has 2 rings (SSSR count). The molecule has 116 valence electrons. The number of rotatable bonds is 6. The zero-order valence-corrected chi connectivity index (χ0v) is 12.6. The van der Waals surface area contributed by atoms with Gasteiger partial charge < -0.3 is 9.29 Å².